The molecule has 18 heavy (non-hydrogen) atoms. The van der Waals surface area contributed by atoms with Gasteiger partial charge in [0.05, 0.1) is 6.07 Å². The average Bonchev–Trinajstić information content (AvgIpc) is 2.36. The van der Waals surface area contributed by atoms with Gasteiger partial charge in [0.2, 0.25) is 0 Å². The molecule has 0 aromatic heterocycles. The molecule has 0 saturated carbocycles. The van der Waals surface area contributed by atoms with E-state index in [1.807, 2.05) is 13.8 Å². The van der Waals surface area contributed by atoms with Crippen LogP contribution in [0.5, 0.6) is 0 Å². The number of hydrogen-bond donors (Lipinski definition) is 1. The summed E-state index contributed by atoms with van der Waals surface area (Å²) in [4.78, 5) is 0. The summed E-state index contributed by atoms with van der Waals surface area (Å²) in [6.07, 6.45) is 0. The van der Waals surface area contributed by atoms with Gasteiger partial charge in [-0.3, -0.25) is 5.32 Å². The zero-order chi connectivity index (χ0) is 13.2. The van der Waals surface area contributed by atoms with Crippen molar-refractivity contribution in [1.29, 1.82) is 5.26 Å². The van der Waals surface area contributed by atoms with Crippen molar-refractivity contribution in [3.63, 3.8) is 0 Å². The summed E-state index contributed by atoms with van der Waals surface area (Å²) in [6.45, 7) is 6.59. The average molecular weight is 238 g/mol. The first-order valence-corrected chi connectivity index (χ1v) is 6.16. The van der Waals surface area contributed by atoms with Crippen molar-refractivity contribution in [2.45, 2.75) is 32.9 Å². The maximum atomic E-state index is 8.96. The van der Waals surface area contributed by atoms with E-state index < -0.39 is 5.54 Å². The van der Waals surface area contributed by atoms with E-state index in [2.05, 4.69) is 54.7 Å². The first kappa shape index (κ1) is 12.6. The van der Waals surface area contributed by atoms with Gasteiger partial charge < -0.3 is 0 Å². The van der Waals surface area contributed by atoms with Gasteiger partial charge in [-0.15, -0.1) is 0 Å². The number of fused-ring (bicyclic) bond motifs is 1. The fraction of sp³-hybridized carbons (Fsp3) is 0.312. The highest BCUT2D eigenvalue weighted by Gasteiger charge is 2.14. The van der Waals surface area contributed by atoms with Gasteiger partial charge in [0, 0.05) is 6.54 Å². The maximum Gasteiger partial charge on any atom is 0.101 e. The molecule has 2 rings (SSSR count). The quantitative estimate of drug-likeness (QED) is 0.887. The second-order valence-electron chi connectivity index (χ2n) is 5.28. The minimum absolute atomic E-state index is 0.484. The summed E-state index contributed by atoms with van der Waals surface area (Å²) in [5, 5.41) is 14.7. The first-order valence-electron chi connectivity index (χ1n) is 6.16. The lowest BCUT2D eigenvalue weighted by molar-refractivity contribution is 0.485. The third kappa shape index (κ3) is 2.88. The van der Waals surface area contributed by atoms with Crippen LogP contribution >= 0.6 is 0 Å². The molecular formula is C16H18N2. The van der Waals surface area contributed by atoms with Crippen LogP contribution in [0.15, 0.2) is 36.4 Å². The van der Waals surface area contributed by atoms with Gasteiger partial charge in [-0.1, -0.05) is 35.9 Å². The highest BCUT2D eigenvalue weighted by Crippen LogP contribution is 2.18. The Balaban J connectivity index is 2.21. The number of nitrogens with one attached hydrogen (secondary N) is 1. The van der Waals surface area contributed by atoms with Crippen molar-refractivity contribution >= 4 is 10.8 Å². The van der Waals surface area contributed by atoms with E-state index in [1.54, 1.807) is 0 Å². The Morgan fingerprint density at radius 3 is 2.50 bits per heavy atom. The molecule has 0 fully saturated rings. The Labute approximate surface area is 108 Å². The second-order valence-corrected chi connectivity index (χ2v) is 5.28. The van der Waals surface area contributed by atoms with Crippen molar-refractivity contribution in [1.82, 2.24) is 5.32 Å². The number of rotatable bonds is 3. The lowest BCUT2D eigenvalue weighted by atomic mass is 10.0. The normalized spacial score (nSPS) is 11.4. The summed E-state index contributed by atoms with van der Waals surface area (Å²) < 4.78 is 0. The van der Waals surface area contributed by atoms with Gasteiger partial charge in [0.25, 0.3) is 0 Å². The van der Waals surface area contributed by atoms with Gasteiger partial charge >= 0.3 is 0 Å². The molecule has 0 aliphatic heterocycles. The van der Waals surface area contributed by atoms with Crippen molar-refractivity contribution in [2.75, 3.05) is 0 Å². The predicted octanol–water partition coefficient (Wildman–Crippen LogP) is 3.54. The Bertz CT molecular complexity index is 606. The summed E-state index contributed by atoms with van der Waals surface area (Å²) in [5.41, 5.74) is 2.00. The van der Waals surface area contributed by atoms with E-state index in [9.17, 15) is 0 Å². The Morgan fingerprint density at radius 1 is 1.11 bits per heavy atom. The van der Waals surface area contributed by atoms with Gasteiger partial charge in [-0.25, -0.2) is 0 Å². The third-order valence-corrected chi connectivity index (χ3v) is 3.07. The third-order valence-electron chi connectivity index (χ3n) is 3.07. The van der Waals surface area contributed by atoms with Crippen LogP contribution in [-0.4, -0.2) is 5.54 Å². The molecule has 2 nitrogen and oxygen atoms in total. The fourth-order valence-electron chi connectivity index (χ4n) is 1.89. The SMILES string of the molecule is Cc1ccc2cc(CNC(C)(C)C#N)ccc2c1. The highest BCUT2D eigenvalue weighted by molar-refractivity contribution is 5.83. The largest absolute Gasteiger partial charge is 0.296 e. The molecule has 92 valence electrons. The number of benzene rings is 2. The molecule has 2 heteroatoms. The molecule has 0 spiro atoms. The number of nitriles is 1. The van der Waals surface area contributed by atoms with E-state index >= 15 is 0 Å². The van der Waals surface area contributed by atoms with E-state index in [-0.39, 0.29) is 0 Å². The van der Waals surface area contributed by atoms with Gasteiger partial charge in [-0.2, -0.15) is 5.26 Å². The summed E-state index contributed by atoms with van der Waals surface area (Å²) in [6, 6.07) is 15.1. The first-order chi connectivity index (χ1) is 8.50. The molecule has 0 amide bonds. The summed E-state index contributed by atoms with van der Waals surface area (Å²) in [5.74, 6) is 0. The Kier molecular flexibility index (Phi) is 3.36. The zero-order valence-corrected chi connectivity index (χ0v) is 11.1. The molecule has 0 bridgehead atoms. The summed E-state index contributed by atoms with van der Waals surface area (Å²) >= 11 is 0. The Hall–Kier alpha value is -1.85. The Morgan fingerprint density at radius 2 is 1.78 bits per heavy atom. The van der Waals surface area contributed by atoms with Crippen LogP contribution in [0.2, 0.25) is 0 Å². The van der Waals surface area contributed by atoms with Crippen molar-refractivity contribution < 1.29 is 0 Å². The predicted molar refractivity (Wildman–Crippen MR) is 75.2 cm³/mol. The van der Waals surface area contributed by atoms with Crippen LogP contribution in [0.1, 0.15) is 25.0 Å². The fourth-order valence-corrected chi connectivity index (χ4v) is 1.89. The van der Waals surface area contributed by atoms with Gasteiger partial charge in [0.15, 0.2) is 0 Å². The molecule has 1 N–H and O–H groups in total. The highest BCUT2D eigenvalue weighted by atomic mass is 14.9. The molecule has 0 atom stereocenters. The molecule has 0 heterocycles. The second kappa shape index (κ2) is 4.80. The minimum atomic E-state index is -0.484. The lowest BCUT2D eigenvalue weighted by Gasteiger charge is -2.17. The topological polar surface area (TPSA) is 35.8 Å². The van der Waals surface area contributed by atoms with Crippen molar-refractivity contribution in [3.8, 4) is 6.07 Å². The van der Waals surface area contributed by atoms with E-state index in [1.165, 1.54) is 21.9 Å². The molecule has 0 aliphatic rings. The van der Waals surface area contributed by atoms with Crippen LogP contribution < -0.4 is 5.32 Å². The zero-order valence-electron chi connectivity index (χ0n) is 11.1. The molecule has 2 aromatic carbocycles. The van der Waals surface area contributed by atoms with Crippen LogP contribution in [0.25, 0.3) is 10.8 Å². The molecule has 0 radical (unpaired) electrons. The molecule has 2 aromatic rings. The number of hydrogen-bond acceptors (Lipinski definition) is 2. The molecule has 0 aliphatic carbocycles. The number of nitrogens with zero attached hydrogens (tertiary/aromatic N) is 1. The van der Waals surface area contributed by atoms with Crippen LogP contribution in [-0.2, 0) is 6.54 Å². The van der Waals surface area contributed by atoms with Gasteiger partial charge in [0.1, 0.15) is 5.54 Å². The van der Waals surface area contributed by atoms with E-state index in [4.69, 9.17) is 5.26 Å². The molecule has 0 saturated heterocycles. The van der Waals surface area contributed by atoms with Crippen LogP contribution in [0.4, 0.5) is 0 Å². The number of aryl methyl sites for hydroxylation is 1. The van der Waals surface area contributed by atoms with E-state index in [0.29, 0.717) is 6.54 Å². The van der Waals surface area contributed by atoms with Crippen molar-refractivity contribution in [2.24, 2.45) is 0 Å². The monoisotopic (exact) mass is 238 g/mol. The van der Waals surface area contributed by atoms with E-state index in [0.717, 1.165) is 0 Å². The minimum Gasteiger partial charge on any atom is -0.296 e. The van der Waals surface area contributed by atoms with Crippen LogP contribution in [0.3, 0.4) is 0 Å². The van der Waals surface area contributed by atoms with Gasteiger partial charge in [-0.05, 0) is 43.2 Å². The maximum absolute atomic E-state index is 8.96. The van der Waals surface area contributed by atoms with Crippen LogP contribution in [0, 0.1) is 18.3 Å². The lowest BCUT2D eigenvalue weighted by Crippen LogP contribution is -2.36. The molecule has 0 unspecified atom stereocenters. The van der Waals surface area contributed by atoms with Crippen molar-refractivity contribution in [3.05, 3.63) is 47.5 Å². The molecular weight excluding hydrogens is 220 g/mol. The summed E-state index contributed by atoms with van der Waals surface area (Å²) in [7, 11) is 0. The smallest absolute Gasteiger partial charge is 0.101 e. The standard InChI is InChI=1S/C16H18N2/c1-12-4-6-15-9-13(5-7-14(15)8-12)10-18-16(2,3)11-17/h4-9,18H,10H2,1-3H3.